The Kier molecular flexibility index (Phi) is 2.47. The second kappa shape index (κ2) is 3.77. The van der Waals surface area contributed by atoms with Gasteiger partial charge in [-0.05, 0) is 24.3 Å². The summed E-state index contributed by atoms with van der Waals surface area (Å²) in [6.07, 6.45) is 1.82. The lowest BCUT2D eigenvalue weighted by atomic mass is 10.2. The zero-order valence-corrected chi connectivity index (χ0v) is 8.42. The van der Waals surface area contributed by atoms with E-state index in [0.29, 0.717) is 6.54 Å². The minimum atomic E-state index is 0.548. The number of rotatable bonds is 2. The summed E-state index contributed by atoms with van der Waals surface area (Å²) in [7, 11) is 0. The molecule has 0 unspecified atom stereocenters. The smallest absolute Gasteiger partial charge is 0.123 e. The molecule has 0 saturated heterocycles. The molecule has 0 bridgehead atoms. The molecule has 1 aromatic carbocycles. The predicted molar refractivity (Wildman–Crippen MR) is 59.9 cm³/mol. The second-order valence-electron chi connectivity index (χ2n) is 2.96. The molecule has 4 N–H and O–H groups in total. The van der Waals surface area contributed by atoms with Crippen molar-refractivity contribution in [1.29, 1.82) is 0 Å². The van der Waals surface area contributed by atoms with Crippen LogP contribution in [0.2, 0.25) is 0 Å². The first-order valence-electron chi connectivity index (χ1n) is 4.30. The Labute approximate surface area is 86.4 Å². The number of anilines is 1. The van der Waals surface area contributed by atoms with E-state index in [1.165, 1.54) is 0 Å². The lowest BCUT2D eigenvalue weighted by Crippen LogP contribution is -1.91. The minimum absolute atomic E-state index is 0.548. The van der Waals surface area contributed by atoms with Crippen LogP contribution in [0.1, 0.15) is 4.88 Å². The third-order valence-electron chi connectivity index (χ3n) is 1.91. The Balaban J connectivity index is 2.34. The predicted octanol–water partition coefficient (Wildman–Crippen LogP) is 1.85. The molecule has 2 rings (SSSR count). The van der Waals surface area contributed by atoms with Gasteiger partial charge in [0, 0.05) is 28.9 Å². The molecule has 14 heavy (non-hydrogen) atoms. The van der Waals surface area contributed by atoms with E-state index in [-0.39, 0.29) is 0 Å². The molecule has 1 aromatic heterocycles. The monoisotopic (exact) mass is 205 g/mol. The zero-order chi connectivity index (χ0) is 9.97. The van der Waals surface area contributed by atoms with Crippen molar-refractivity contribution in [2.75, 3.05) is 5.73 Å². The first kappa shape index (κ1) is 9.18. The number of hydrogen-bond acceptors (Lipinski definition) is 4. The number of benzene rings is 1. The molecule has 3 nitrogen and oxygen atoms in total. The fraction of sp³-hybridized carbons (Fsp3) is 0.100. The molecule has 0 spiro atoms. The molecular formula is C10H11N3S. The summed E-state index contributed by atoms with van der Waals surface area (Å²) >= 11 is 1.61. The summed E-state index contributed by atoms with van der Waals surface area (Å²) < 4.78 is 0. The van der Waals surface area contributed by atoms with E-state index in [1.54, 1.807) is 11.3 Å². The Bertz CT molecular complexity index is 419. The van der Waals surface area contributed by atoms with E-state index in [2.05, 4.69) is 4.98 Å². The van der Waals surface area contributed by atoms with Gasteiger partial charge in [0.2, 0.25) is 0 Å². The summed E-state index contributed by atoms with van der Waals surface area (Å²) in [5.74, 6) is 0. The number of thiazole rings is 1. The topological polar surface area (TPSA) is 64.9 Å². The molecule has 0 aliphatic rings. The SMILES string of the molecule is NCc1cnc(-c2ccc(N)cc2)s1. The minimum Gasteiger partial charge on any atom is -0.399 e. The Hall–Kier alpha value is -1.39. The molecule has 4 heteroatoms. The van der Waals surface area contributed by atoms with Crippen LogP contribution >= 0.6 is 11.3 Å². The average molecular weight is 205 g/mol. The van der Waals surface area contributed by atoms with Crippen LogP contribution in [0.3, 0.4) is 0 Å². The van der Waals surface area contributed by atoms with Gasteiger partial charge >= 0.3 is 0 Å². The largest absolute Gasteiger partial charge is 0.399 e. The first-order valence-corrected chi connectivity index (χ1v) is 5.12. The molecule has 0 aliphatic heterocycles. The van der Waals surface area contributed by atoms with Crippen LogP contribution < -0.4 is 11.5 Å². The normalized spacial score (nSPS) is 10.4. The van der Waals surface area contributed by atoms with Gasteiger partial charge in [0.15, 0.2) is 0 Å². The molecule has 0 radical (unpaired) electrons. The molecule has 0 atom stereocenters. The van der Waals surface area contributed by atoms with Crippen molar-refractivity contribution in [3.8, 4) is 10.6 Å². The van der Waals surface area contributed by atoms with Gasteiger partial charge in [-0.2, -0.15) is 0 Å². The molecule has 2 aromatic rings. The van der Waals surface area contributed by atoms with Crippen molar-refractivity contribution in [3.05, 3.63) is 35.3 Å². The zero-order valence-electron chi connectivity index (χ0n) is 7.60. The molecule has 0 fully saturated rings. The maximum Gasteiger partial charge on any atom is 0.123 e. The van der Waals surface area contributed by atoms with Crippen molar-refractivity contribution in [3.63, 3.8) is 0 Å². The fourth-order valence-electron chi connectivity index (χ4n) is 1.16. The van der Waals surface area contributed by atoms with Crippen molar-refractivity contribution in [2.24, 2.45) is 5.73 Å². The van der Waals surface area contributed by atoms with E-state index in [0.717, 1.165) is 21.1 Å². The number of hydrogen-bond donors (Lipinski definition) is 2. The summed E-state index contributed by atoms with van der Waals surface area (Å²) in [6.45, 7) is 0.548. The van der Waals surface area contributed by atoms with Crippen molar-refractivity contribution >= 4 is 17.0 Å². The first-order chi connectivity index (χ1) is 6.79. The van der Waals surface area contributed by atoms with Gasteiger partial charge in [0.25, 0.3) is 0 Å². The third kappa shape index (κ3) is 1.76. The Morgan fingerprint density at radius 1 is 1.21 bits per heavy atom. The van der Waals surface area contributed by atoms with E-state index in [9.17, 15) is 0 Å². The number of nitrogens with two attached hydrogens (primary N) is 2. The lowest BCUT2D eigenvalue weighted by Gasteiger charge is -1.96. The fourth-order valence-corrected chi connectivity index (χ4v) is 1.96. The number of nitrogens with zero attached hydrogens (tertiary/aromatic N) is 1. The van der Waals surface area contributed by atoms with Gasteiger partial charge in [0.1, 0.15) is 5.01 Å². The van der Waals surface area contributed by atoms with E-state index >= 15 is 0 Å². The van der Waals surface area contributed by atoms with Gasteiger partial charge in [-0.3, -0.25) is 0 Å². The summed E-state index contributed by atoms with van der Waals surface area (Å²) in [5.41, 5.74) is 13.0. The third-order valence-corrected chi connectivity index (χ3v) is 2.98. The van der Waals surface area contributed by atoms with Crippen molar-refractivity contribution in [2.45, 2.75) is 6.54 Å². The highest BCUT2D eigenvalue weighted by molar-refractivity contribution is 7.15. The highest BCUT2D eigenvalue weighted by atomic mass is 32.1. The summed E-state index contributed by atoms with van der Waals surface area (Å²) in [4.78, 5) is 5.38. The van der Waals surface area contributed by atoms with Crippen LogP contribution in [-0.2, 0) is 6.54 Å². The van der Waals surface area contributed by atoms with Crippen molar-refractivity contribution in [1.82, 2.24) is 4.98 Å². The van der Waals surface area contributed by atoms with Crippen LogP contribution in [0.4, 0.5) is 5.69 Å². The maximum atomic E-state index is 5.60. The molecule has 0 amide bonds. The van der Waals surface area contributed by atoms with Crippen LogP contribution in [-0.4, -0.2) is 4.98 Å². The van der Waals surface area contributed by atoms with Gasteiger partial charge < -0.3 is 11.5 Å². The molecular weight excluding hydrogens is 194 g/mol. The van der Waals surface area contributed by atoms with Gasteiger partial charge in [0.05, 0.1) is 0 Å². The van der Waals surface area contributed by atoms with Gasteiger partial charge in [-0.15, -0.1) is 11.3 Å². The highest BCUT2D eigenvalue weighted by Crippen LogP contribution is 2.25. The number of aromatic nitrogens is 1. The number of nitrogen functional groups attached to an aromatic ring is 1. The second-order valence-corrected chi connectivity index (χ2v) is 4.07. The van der Waals surface area contributed by atoms with Crippen LogP contribution in [0, 0.1) is 0 Å². The lowest BCUT2D eigenvalue weighted by molar-refractivity contribution is 1.10. The Morgan fingerprint density at radius 3 is 2.50 bits per heavy atom. The highest BCUT2D eigenvalue weighted by Gasteiger charge is 2.02. The van der Waals surface area contributed by atoms with Crippen molar-refractivity contribution < 1.29 is 0 Å². The standard InChI is InChI=1S/C10H11N3S/c11-5-9-6-13-10(14-9)7-1-3-8(12)4-2-7/h1-4,6H,5,11-12H2. The van der Waals surface area contributed by atoms with Crippen LogP contribution in [0.15, 0.2) is 30.5 Å². The Morgan fingerprint density at radius 2 is 1.93 bits per heavy atom. The maximum absolute atomic E-state index is 5.60. The summed E-state index contributed by atoms with van der Waals surface area (Å²) in [5, 5.41) is 0.991. The van der Waals surface area contributed by atoms with Crippen LogP contribution in [0.25, 0.3) is 10.6 Å². The molecule has 1 heterocycles. The molecule has 0 saturated carbocycles. The van der Waals surface area contributed by atoms with E-state index in [4.69, 9.17) is 11.5 Å². The molecule has 0 aliphatic carbocycles. The van der Waals surface area contributed by atoms with Crippen LogP contribution in [0.5, 0.6) is 0 Å². The quantitative estimate of drug-likeness (QED) is 0.735. The molecule has 72 valence electrons. The van der Waals surface area contributed by atoms with E-state index < -0.39 is 0 Å². The van der Waals surface area contributed by atoms with Gasteiger partial charge in [-0.1, -0.05) is 0 Å². The summed E-state index contributed by atoms with van der Waals surface area (Å²) in [6, 6.07) is 7.68. The average Bonchev–Trinajstić information content (AvgIpc) is 2.67. The van der Waals surface area contributed by atoms with Gasteiger partial charge in [-0.25, -0.2) is 4.98 Å². The van der Waals surface area contributed by atoms with E-state index in [1.807, 2.05) is 30.5 Å².